The molecular formula is C17H29NO4. The predicted molar refractivity (Wildman–Crippen MR) is 84.0 cm³/mol. The van der Waals surface area contributed by atoms with E-state index in [2.05, 4.69) is 5.32 Å². The van der Waals surface area contributed by atoms with Crippen LogP contribution in [0.4, 0.5) is 0 Å². The number of amides is 1. The largest absolute Gasteiger partial charge is 0.459 e. The smallest absolute Gasteiger partial charge is 0.285 e. The molecule has 5 heteroatoms. The average molecular weight is 311 g/mol. The van der Waals surface area contributed by atoms with Gasteiger partial charge in [0.05, 0.1) is 6.61 Å². The number of carbonyl (C=O) groups is 1. The lowest BCUT2D eigenvalue weighted by Gasteiger charge is -2.35. The van der Waals surface area contributed by atoms with Crippen LogP contribution in [0.1, 0.15) is 51.4 Å². The Morgan fingerprint density at radius 1 is 1.36 bits per heavy atom. The Balaban J connectivity index is 1.95. The van der Waals surface area contributed by atoms with E-state index in [9.17, 15) is 4.79 Å². The lowest BCUT2D eigenvalue weighted by Crippen LogP contribution is -2.34. The first-order valence-electron chi connectivity index (χ1n) is 8.57. The number of hydrogen-bond donors (Lipinski definition) is 2. The van der Waals surface area contributed by atoms with E-state index in [0.29, 0.717) is 24.2 Å². The molecule has 2 N–H and O–H groups in total. The van der Waals surface area contributed by atoms with Crippen molar-refractivity contribution in [3.8, 4) is 0 Å². The molecule has 1 heterocycles. The van der Waals surface area contributed by atoms with Crippen molar-refractivity contribution >= 4 is 5.91 Å². The van der Waals surface area contributed by atoms with E-state index in [-0.39, 0.29) is 18.8 Å². The van der Waals surface area contributed by atoms with Crippen LogP contribution in [0.5, 0.6) is 0 Å². The fourth-order valence-electron chi connectivity index (χ4n) is 3.39. The lowest BCUT2D eigenvalue weighted by atomic mass is 9.77. The number of unbranched alkanes of at least 4 members (excludes halogenated alkanes) is 1. The molecular weight excluding hydrogens is 282 g/mol. The highest BCUT2D eigenvalue weighted by molar-refractivity contribution is 5.91. The van der Waals surface area contributed by atoms with Gasteiger partial charge in [-0.25, -0.2) is 0 Å². The van der Waals surface area contributed by atoms with E-state index in [1.54, 1.807) is 7.05 Å². The molecule has 0 unspecified atom stereocenters. The van der Waals surface area contributed by atoms with Crippen LogP contribution in [0.25, 0.3) is 0 Å². The molecule has 0 aromatic carbocycles. The molecule has 1 fully saturated rings. The zero-order valence-electron chi connectivity index (χ0n) is 13.6. The van der Waals surface area contributed by atoms with E-state index in [1.807, 2.05) is 6.08 Å². The Bertz CT molecular complexity index is 377. The first-order chi connectivity index (χ1) is 10.7. The van der Waals surface area contributed by atoms with Crippen LogP contribution in [0.3, 0.4) is 0 Å². The highest BCUT2D eigenvalue weighted by atomic mass is 16.7. The Labute approximate surface area is 133 Å². The molecule has 126 valence electrons. The molecule has 0 saturated heterocycles. The van der Waals surface area contributed by atoms with Gasteiger partial charge in [-0.3, -0.25) is 4.79 Å². The van der Waals surface area contributed by atoms with Crippen LogP contribution in [-0.2, 0) is 14.3 Å². The Morgan fingerprint density at radius 2 is 2.14 bits per heavy atom. The molecule has 1 aliphatic carbocycles. The van der Waals surface area contributed by atoms with Gasteiger partial charge in [-0.05, 0) is 43.6 Å². The number of allylic oxidation sites excluding steroid dienone is 1. The molecule has 0 spiro atoms. The van der Waals surface area contributed by atoms with Crippen LogP contribution in [0.15, 0.2) is 11.8 Å². The highest BCUT2D eigenvalue weighted by Gasteiger charge is 2.32. The molecule has 2 rings (SSSR count). The van der Waals surface area contributed by atoms with Crippen molar-refractivity contribution in [3.63, 3.8) is 0 Å². The topological polar surface area (TPSA) is 67.8 Å². The minimum Gasteiger partial charge on any atom is -0.459 e. The molecule has 2 aliphatic rings. The van der Waals surface area contributed by atoms with Gasteiger partial charge in [0.15, 0.2) is 5.76 Å². The van der Waals surface area contributed by atoms with Crippen molar-refractivity contribution in [1.82, 2.24) is 5.32 Å². The van der Waals surface area contributed by atoms with Gasteiger partial charge < -0.3 is 19.9 Å². The third-order valence-electron chi connectivity index (χ3n) is 4.65. The minimum absolute atomic E-state index is 0.176. The number of aliphatic hydroxyl groups is 1. The summed E-state index contributed by atoms with van der Waals surface area (Å²) in [4.78, 5) is 11.9. The predicted octanol–water partition coefficient (Wildman–Crippen LogP) is 2.35. The maximum Gasteiger partial charge on any atom is 0.285 e. The van der Waals surface area contributed by atoms with Crippen LogP contribution in [0, 0.1) is 11.8 Å². The van der Waals surface area contributed by atoms with Gasteiger partial charge in [0.25, 0.3) is 5.91 Å². The van der Waals surface area contributed by atoms with E-state index < -0.39 is 0 Å². The monoisotopic (exact) mass is 311 g/mol. The molecule has 1 saturated carbocycles. The third kappa shape index (κ3) is 4.99. The van der Waals surface area contributed by atoms with Crippen molar-refractivity contribution in [3.05, 3.63) is 11.8 Å². The summed E-state index contributed by atoms with van der Waals surface area (Å²) in [5.74, 6) is 1.23. The summed E-state index contributed by atoms with van der Waals surface area (Å²) in [6, 6.07) is 0. The van der Waals surface area contributed by atoms with E-state index in [4.69, 9.17) is 14.6 Å². The fraction of sp³-hybridized carbons (Fsp3) is 0.824. The zero-order chi connectivity index (χ0) is 15.8. The molecule has 0 aromatic rings. The van der Waals surface area contributed by atoms with Gasteiger partial charge in [-0.15, -0.1) is 0 Å². The summed E-state index contributed by atoms with van der Waals surface area (Å²) in [5, 5.41) is 11.4. The Kier molecular flexibility index (Phi) is 7.19. The number of ether oxygens (including phenoxy) is 2. The van der Waals surface area contributed by atoms with Gasteiger partial charge in [0, 0.05) is 20.1 Å². The lowest BCUT2D eigenvalue weighted by molar-refractivity contribution is -0.151. The first kappa shape index (κ1) is 17.3. The summed E-state index contributed by atoms with van der Waals surface area (Å²) in [5.41, 5.74) is 0. The molecule has 0 bridgehead atoms. The molecule has 5 nitrogen and oxygen atoms in total. The highest BCUT2D eigenvalue weighted by Crippen LogP contribution is 2.37. The summed E-state index contributed by atoms with van der Waals surface area (Å²) >= 11 is 0. The number of likely N-dealkylation sites (N-methyl/N-ethyl adjacent to an activating group) is 1. The third-order valence-corrected chi connectivity index (χ3v) is 4.65. The number of rotatable bonds is 7. The molecule has 0 aromatic heterocycles. The second-order valence-corrected chi connectivity index (χ2v) is 6.26. The summed E-state index contributed by atoms with van der Waals surface area (Å²) in [6.07, 6.45) is 10.4. The average Bonchev–Trinajstić information content (AvgIpc) is 2.58. The van der Waals surface area contributed by atoms with Crippen LogP contribution >= 0.6 is 0 Å². The Morgan fingerprint density at radius 3 is 2.82 bits per heavy atom. The standard InChI is InChI=1S/C17H29NO4/c1-18-17(20)15-11-14(13-7-3-2-4-8-13)12-16(22-15)21-10-6-5-9-19/h11,13-14,16,19H,2-10,12H2,1H3,(H,18,20)/t14-,16+/m1/s1. The van der Waals surface area contributed by atoms with Crippen molar-refractivity contribution < 1.29 is 19.4 Å². The van der Waals surface area contributed by atoms with Crippen molar-refractivity contribution in [2.75, 3.05) is 20.3 Å². The van der Waals surface area contributed by atoms with E-state index in [1.165, 1.54) is 32.1 Å². The minimum atomic E-state index is -0.345. The first-order valence-corrected chi connectivity index (χ1v) is 8.57. The molecule has 0 radical (unpaired) electrons. The van der Waals surface area contributed by atoms with Crippen molar-refractivity contribution in [1.29, 1.82) is 0 Å². The van der Waals surface area contributed by atoms with Crippen LogP contribution < -0.4 is 5.32 Å². The summed E-state index contributed by atoms with van der Waals surface area (Å²) in [6.45, 7) is 0.743. The van der Waals surface area contributed by atoms with Crippen LogP contribution in [0.2, 0.25) is 0 Å². The number of carbonyl (C=O) groups excluding carboxylic acids is 1. The van der Waals surface area contributed by atoms with Crippen molar-refractivity contribution in [2.24, 2.45) is 11.8 Å². The number of hydrogen-bond acceptors (Lipinski definition) is 4. The van der Waals surface area contributed by atoms with Gasteiger partial charge in [-0.1, -0.05) is 19.3 Å². The van der Waals surface area contributed by atoms with E-state index in [0.717, 1.165) is 19.3 Å². The molecule has 1 aliphatic heterocycles. The van der Waals surface area contributed by atoms with Gasteiger partial charge in [0.2, 0.25) is 6.29 Å². The SMILES string of the molecule is CNC(=O)C1=C[C@@H](C2CCCCC2)C[C@@H](OCCCCO)O1. The second-order valence-electron chi connectivity index (χ2n) is 6.26. The van der Waals surface area contributed by atoms with Gasteiger partial charge in [0.1, 0.15) is 0 Å². The van der Waals surface area contributed by atoms with Gasteiger partial charge >= 0.3 is 0 Å². The second kappa shape index (κ2) is 9.16. The molecule has 22 heavy (non-hydrogen) atoms. The number of nitrogens with one attached hydrogen (secondary N) is 1. The van der Waals surface area contributed by atoms with E-state index >= 15 is 0 Å². The Hall–Kier alpha value is -1.07. The molecule has 1 amide bonds. The zero-order valence-corrected chi connectivity index (χ0v) is 13.6. The number of aliphatic hydroxyl groups excluding tert-OH is 1. The van der Waals surface area contributed by atoms with Gasteiger partial charge in [-0.2, -0.15) is 0 Å². The maximum absolute atomic E-state index is 11.9. The van der Waals surface area contributed by atoms with Crippen molar-refractivity contribution in [2.45, 2.75) is 57.7 Å². The van der Waals surface area contributed by atoms with Crippen LogP contribution in [-0.4, -0.2) is 37.6 Å². The quantitative estimate of drug-likeness (QED) is 0.708. The maximum atomic E-state index is 11.9. The molecule has 2 atom stereocenters. The normalized spacial score (nSPS) is 26.2. The fourth-order valence-corrected chi connectivity index (χ4v) is 3.39. The summed E-state index contributed by atoms with van der Waals surface area (Å²) < 4.78 is 11.5. The summed E-state index contributed by atoms with van der Waals surface area (Å²) in [7, 11) is 1.62.